The molecule has 18 heavy (non-hydrogen) atoms. The Morgan fingerprint density at radius 3 is 2.61 bits per heavy atom. The lowest BCUT2D eigenvalue weighted by molar-refractivity contribution is -0.139. The Kier molecular flexibility index (Phi) is 5.38. The van der Waals surface area contributed by atoms with E-state index >= 15 is 0 Å². The molecule has 8 heteroatoms. The van der Waals surface area contributed by atoms with Crippen LogP contribution in [0.1, 0.15) is 5.56 Å². The van der Waals surface area contributed by atoms with Crippen molar-refractivity contribution in [3.05, 3.63) is 28.8 Å². The van der Waals surface area contributed by atoms with Gasteiger partial charge in [0.1, 0.15) is 4.38 Å². The van der Waals surface area contributed by atoms with Gasteiger partial charge in [-0.1, -0.05) is 23.4 Å². The van der Waals surface area contributed by atoms with E-state index in [1.807, 2.05) is 0 Å². The molecule has 1 aromatic rings. The minimum absolute atomic E-state index is 0.00889. The average Bonchev–Trinajstić information content (AvgIpc) is 2.29. The van der Waals surface area contributed by atoms with Crippen LogP contribution in [0.25, 0.3) is 0 Å². The Hall–Kier alpha value is -0.840. The van der Waals surface area contributed by atoms with Crippen molar-refractivity contribution in [2.24, 2.45) is 4.99 Å². The lowest BCUT2D eigenvalue weighted by atomic mass is 10.2. The molecule has 0 amide bonds. The summed E-state index contributed by atoms with van der Waals surface area (Å²) in [5.74, 6) is 0. The zero-order valence-corrected chi connectivity index (χ0v) is 11.3. The van der Waals surface area contributed by atoms with Crippen molar-refractivity contribution in [3.63, 3.8) is 0 Å². The van der Waals surface area contributed by atoms with Crippen LogP contribution in [0.3, 0.4) is 0 Å². The zero-order chi connectivity index (χ0) is 13.8. The molecule has 0 N–H and O–H groups in total. The van der Waals surface area contributed by atoms with Crippen LogP contribution >= 0.6 is 35.1 Å². The van der Waals surface area contributed by atoms with Gasteiger partial charge in [0, 0.05) is 9.92 Å². The second kappa shape index (κ2) is 6.36. The van der Waals surface area contributed by atoms with Gasteiger partial charge in [-0.25, -0.2) is 0 Å². The molecule has 0 unspecified atom stereocenters. The number of halogens is 4. The van der Waals surface area contributed by atoms with Gasteiger partial charge in [0.15, 0.2) is 0 Å². The van der Waals surface area contributed by atoms with Crippen molar-refractivity contribution in [3.8, 4) is 6.19 Å². The first-order chi connectivity index (χ1) is 8.38. The maximum atomic E-state index is 12.8. The lowest BCUT2D eigenvalue weighted by Crippen LogP contribution is -2.07. The summed E-state index contributed by atoms with van der Waals surface area (Å²) >= 11 is 7.45. The van der Waals surface area contributed by atoms with Crippen LogP contribution in [0.4, 0.5) is 13.2 Å². The van der Waals surface area contributed by atoms with Crippen molar-refractivity contribution in [1.82, 2.24) is 0 Å². The summed E-state index contributed by atoms with van der Waals surface area (Å²) in [5.41, 5.74) is -0.834. The van der Waals surface area contributed by atoms with Crippen LogP contribution in [0.5, 0.6) is 0 Å². The van der Waals surface area contributed by atoms with Crippen molar-refractivity contribution >= 4 is 39.5 Å². The maximum absolute atomic E-state index is 12.8. The number of rotatable bonds is 1. The molecule has 0 aliphatic rings. The Morgan fingerprint density at radius 1 is 1.44 bits per heavy atom. The van der Waals surface area contributed by atoms with Crippen LogP contribution in [0, 0.1) is 11.5 Å². The van der Waals surface area contributed by atoms with Crippen LogP contribution in [-0.4, -0.2) is 10.6 Å². The molecule has 1 rings (SSSR count). The van der Waals surface area contributed by atoms with E-state index in [0.717, 1.165) is 29.6 Å². The van der Waals surface area contributed by atoms with Gasteiger partial charge < -0.3 is 0 Å². The van der Waals surface area contributed by atoms with E-state index in [2.05, 4.69) is 4.99 Å². The number of alkyl halides is 3. The van der Waals surface area contributed by atoms with Crippen LogP contribution < -0.4 is 0 Å². The number of thioether (sulfide) groups is 2. The SMILES string of the molecule is CSC(=NC#N)Sc1ccc(Cl)cc1C(F)(F)F. The first kappa shape index (κ1) is 15.2. The number of hydrogen-bond acceptors (Lipinski definition) is 4. The Morgan fingerprint density at radius 2 is 2.11 bits per heavy atom. The summed E-state index contributed by atoms with van der Waals surface area (Å²) in [6.07, 6.45) is -1.32. The summed E-state index contributed by atoms with van der Waals surface area (Å²) in [4.78, 5) is 3.40. The monoisotopic (exact) mass is 310 g/mol. The topological polar surface area (TPSA) is 36.1 Å². The normalized spacial score (nSPS) is 12.3. The number of benzene rings is 1. The van der Waals surface area contributed by atoms with Crippen LogP contribution in [0.2, 0.25) is 5.02 Å². The van der Waals surface area contributed by atoms with Crippen molar-refractivity contribution in [2.75, 3.05) is 6.26 Å². The summed E-state index contributed by atoms with van der Waals surface area (Å²) < 4.78 is 38.6. The van der Waals surface area contributed by atoms with Crippen LogP contribution in [0.15, 0.2) is 28.1 Å². The molecule has 0 heterocycles. The van der Waals surface area contributed by atoms with Crippen molar-refractivity contribution in [2.45, 2.75) is 11.1 Å². The molecule has 0 bridgehead atoms. The third-order valence-electron chi connectivity index (χ3n) is 1.76. The molecule has 0 saturated carbocycles. The number of hydrogen-bond donors (Lipinski definition) is 0. The summed E-state index contributed by atoms with van der Waals surface area (Å²) in [5, 5.41) is 8.42. The molecule has 96 valence electrons. The second-order valence-electron chi connectivity index (χ2n) is 2.92. The van der Waals surface area contributed by atoms with E-state index in [0.29, 0.717) is 0 Å². The van der Waals surface area contributed by atoms with E-state index in [1.165, 1.54) is 12.1 Å². The fourth-order valence-electron chi connectivity index (χ4n) is 1.06. The molecule has 0 spiro atoms. The molecule has 0 saturated heterocycles. The standard InChI is InChI=1S/C10H6ClF3N2S2/c1-17-9(16-5-15)18-8-3-2-6(11)4-7(8)10(12,13)14/h2-4H,1H3. The third kappa shape index (κ3) is 4.12. The van der Waals surface area contributed by atoms with Crippen molar-refractivity contribution in [1.29, 1.82) is 5.26 Å². The Balaban J connectivity index is 3.18. The van der Waals surface area contributed by atoms with E-state index in [1.54, 1.807) is 12.4 Å². The lowest BCUT2D eigenvalue weighted by Gasteiger charge is -2.12. The van der Waals surface area contributed by atoms with E-state index in [4.69, 9.17) is 16.9 Å². The number of aliphatic imine (C=N–C) groups is 1. The van der Waals surface area contributed by atoms with Gasteiger partial charge in [-0.3, -0.25) is 0 Å². The summed E-state index contributed by atoms with van der Waals surface area (Å²) in [7, 11) is 0. The predicted molar refractivity (Wildman–Crippen MR) is 68.9 cm³/mol. The van der Waals surface area contributed by atoms with Gasteiger partial charge in [0.25, 0.3) is 0 Å². The highest BCUT2D eigenvalue weighted by atomic mass is 35.5. The molecule has 0 aliphatic heterocycles. The molecule has 0 fully saturated rings. The maximum Gasteiger partial charge on any atom is 0.417 e. The molecule has 1 aromatic carbocycles. The molecule has 2 nitrogen and oxygen atoms in total. The highest BCUT2D eigenvalue weighted by Gasteiger charge is 2.34. The quantitative estimate of drug-likeness (QED) is 0.328. The van der Waals surface area contributed by atoms with E-state index < -0.39 is 11.7 Å². The van der Waals surface area contributed by atoms with Gasteiger partial charge in [-0.2, -0.15) is 23.4 Å². The molecular weight excluding hydrogens is 305 g/mol. The van der Waals surface area contributed by atoms with Crippen molar-refractivity contribution < 1.29 is 13.2 Å². The fourth-order valence-corrected chi connectivity index (χ4v) is 2.66. The molecular formula is C10H6ClF3N2S2. The average molecular weight is 311 g/mol. The molecule has 0 atom stereocenters. The van der Waals surface area contributed by atoms with Gasteiger partial charge in [-0.15, -0.1) is 11.8 Å². The van der Waals surface area contributed by atoms with E-state index in [-0.39, 0.29) is 14.3 Å². The highest BCUT2D eigenvalue weighted by Crippen LogP contribution is 2.39. The Labute approximate surface area is 115 Å². The zero-order valence-electron chi connectivity index (χ0n) is 8.95. The Bertz CT molecular complexity index is 509. The third-order valence-corrected chi connectivity index (χ3v) is 4.03. The molecule has 0 aromatic heterocycles. The van der Waals surface area contributed by atoms with Crippen LogP contribution in [-0.2, 0) is 6.18 Å². The van der Waals surface area contributed by atoms with Gasteiger partial charge in [-0.05, 0) is 24.5 Å². The number of nitrogens with zero attached hydrogens (tertiary/aromatic N) is 2. The largest absolute Gasteiger partial charge is 0.417 e. The van der Waals surface area contributed by atoms with Gasteiger partial charge >= 0.3 is 6.18 Å². The predicted octanol–water partition coefficient (Wildman–Crippen LogP) is 4.65. The first-order valence-corrected chi connectivity index (χ1v) is 6.85. The molecule has 0 radical (unpaired) electrons. The fraction of sp³-hybridized carbons (Fsp3) is 0.200. The number of nitriles is 1. The highest BCUT2D eigenvalue weighted by molar-refractivity contribution is 8.38. The van der Waals surface area contributed by atoms with E-state index in [9.17, 15) is 13.2 Å². The summed E-state index contributed by atoms with van der Waals surface area (Å²) in [6.45, 7) is 0. The first-order valence-electron chi connectivity index (χ1n) is 4.44. The molecule has 0 aliphatic carbocycles. The van der Waals surface area contributed by atoms with Gasteiger partial charge in [0.2, 0.25) is 6.19 Å². The summed E-state index contributed by atoms with van der Waals surface area (Å²) in [6, 6.07) is 3.48. The smallest absolute Gasteiger partial charge is 0.170 e. The second-order valence-corrected chi connectivity index (χ2v) is 5.44. The minimum Gasteiger partial charge on any atom is -0.170 e. The minimum atomic E-state index is -4.50. The van der Waals surface area contributed by atoms with Gasteiger partial charge in [0.05, 0.1) is 5.56 Å².